The quantitative estimate of drug-likeness (QED) is 0.150. The molecule has 10 heteroatoms. The molecule has 3 aromatic carbocycles. The van der Waals surface area contributed by atoms with E-state index in [-0.39, 0.29) is 41.5 Å². The minimum Gasteiger partial charge on any atom is -0.455 e. The number of carbonyl (C=O) groups excluding carboxylic acids is 3. The summed E-state index contributed by atoms with van der Waals surface area (Å²) in [5.74, 6) is -0.542. The van der Waals surface area contributed by atoms with Crippen LogP contribution in [0.15, 0.2) is 70.2 Å². The molecular formula is C31H26FN5O4. The van der Waals surface area contributed by atoms with Gasteiger partial charge in [-0.1, -0.05) is 12.1 Å². The molecule has 7 rings (SSSR count). The maximum Gasteiger partial charge on any atom is 0.255 e. The molecule has 3 amide bonds. The molecule has 0 atom stereocenters. The Balaban J connectivity index is 1.47. The fourth-order valence-corrected chi connectivity index (χ4v) is 5.93. The Morgan fingerprint density at radius 3 is 2.46 bits per heavy atom. The molecule has 0 spiro atoms. The largest absolute Gasteiger partial charge is 0.455 e. The molecular weight excluding hydrogens is 525 g/mol. The Bertz CT molecular complexity index is 1750. The van der Waals surface area contributed by atoms with Crippen molar-refractivity contribution in [3.05, 3.63) is 93.6 Å². The highest BCUT2D eigenvalue weighted by molar-refractivity contribution is 6.12. The number of nitrogens with zero attached hydrogens (tertiary/aromatic N) is 3. The summed E-state index contributed by atoms with van der Waals surface area (Å²) in [6.07, 6.45) is 3.26. The first kappa shape index (κ1) is 26.3. The van der Waals surface area contributed by atoms with Gasteiger partial charge in [-0.3, -0.25) is 14.4 Å². The summed E-state index contributed by atoms with van der Waals surface area (Å²) in [5.41, 5.74) is 12.4. The monoisotopic (exact) mass is 551 g/mol. The number of fused-ring (bicyclic) bond motifs is 1. The minimum absolute atomic E-state index is 0.0414. The van der Waals surface area contributed by atoms with Crippen LogP contribution in [0.25, 0.3) is 43.9 Å². The predicted octanol–water partition coefficient (Wildman–Crippen LogP) is 6.32. The van der Waals surface area contributed by atoms with Crippen molar-refractivity contribution in [2.75, 3.05) is 7.05 Å². The van der Waals surface area contributed by atoms with Gasteiger partial charge in [-0.2, -0.15) is 0 Å². The number of nitrogens with one attached hydrogen (secondary N) is 2. The van der Waals surface area contributed by atoms with Gasteiger partial charge in [0, 0.05) is 40.4 Å². The van der Waals surface area contributed by atoms with Crippen molar-refractivity contribution < 1.29 is 23.2 Å². The van der Waals surface area contributed by atoms with Crippen LogP contribution in [0.1, 0.15) is 52.0 Å². The number of hydrogen-bond acceptors (Lipinski definition) is 4. The number of furan rings is 1. The lowest BCUT2D eigenvalue weighted by molar-refractivity contribution is -0.117. The summed E-state index contributed by atoms with van der Waals surface area (Å²) in [5, 5.41) is 9.53. The van der Waals surface area contributed by atoms with E-state index < -0.39 is 11.7 Å². The van der Waals surface area contributed by atoms with Crippen LogP contribution in [-0.2, 0) is 11.2 Å². The van der Waals surface area contributed by atoms with Gasteiger partial charge in [0.2, 0.25) is 5.91 Å². The highest BCUT2D eigenvalue weighted by Gasteiger charge is 2.57. The van der Waals surface area contributed by atoms with E-state index in [4.69, 9.17) is 9.95 Å². The maximum absolute atomic E-state index is 13.6. The predicted molar refractivity (Wildman–Crippen MR) is 150 cm³/mol. The van der Waals surface area contributed by atoms with Gasteiger partial charge >= 0.3 is 0 Å². The zero-order chi connectivity index (χ0) is 28.7. The second kappa shape index (κ2) is 10.2. The maximum atomic E-state index is 13.6. The van der Waals surface area contributed by atoms with Gasteiger partial charge in [0.25, 0.3) is 11.8 Å². The molecule has 41 heavy (non-hydrogen) atoms. The Kier molecular flexibility index (Phi) is 6.55. The van der Waals surface area contributed by atoms with E-state index in [0.717, 1.165) is 30.7 Å². The van der Waals surface area contributed by atoms with E-state index in [1.165, 1.54) is 31.3 Å². The summed E-state index contributed by atoms with van der Waals surface area (Å²) in [6.45, 7) is 0. The second-order valence-corrected chi connectivity index (χ2v) is 10.8. The van der Waals surface area contributed by atoms with Gasteiger partial charge in [0.15, 0.2) is 0 Å². The van der Waals surface area contributed by atoms with Crippen LogP contribution in [0, 0.1) is 11.7 Å². The minimum atomic E-state index is -0.609. The Morgan fingerprint density at radius 2 is 1.80 bits per heavy atom. The molecule has 206 valence electrons. The van der Waals surface area contributed by atoms with Gasteiger partial charge in [0.05, 0.1) is 5.56 Å². The van der Waals surface area contributed by atoms with Crippen molar-refractivity contribution >= 4 is 28.7 Å². The number of hydrogen-bond donors (Lipinski definition) is 2. The van der Waals surface area contributed by atoms with Crippen LogP contribution in [0.4, 0.5) is 4.39 Å². The molecule has 1 heterocycles. The molecule has 0 aliphatic heterocycles. The normalized spacial score (nSPS) is 18.5. The van der Waals surface area contributed by atoms with Crippen LogP contribution >= 0.6 is 0 Å². The fourth-order valence-electron chi connectivity index (χ4n) is 5.93. The van der Waals surface area contributed by atoms with E-state index in [2.05, 4.69) is 20.7 Å². The first-order chi connectivity index (χ1) is 19.8. The molecule has 3 aliphatic rings. The number of benzene rings is 3. The molecule has 9 nitrogen and oxygen atoms in total. The third kappa shape index (κ3) is 4.83. The van der Waals surface area contributed by atoms with E-state index in [1.807, 2.05) is 12.1 Å². The highest BCUT2D eigenvalue weighted by Crippen LogP contribution is 2.57. The van der Waals surface area contributed by atoms with E-state index in [9.17, 15) is 18.8 Å². The lowest BCUT2D eigenvalue weighted by Crippen LogP contribution is -2.68. The average molecular weight is 552 g/mol. The zero-order valence-corrected chi connectivity index (χ0v) is 22.2. The summed E-state index contributed by atoms with van der Waals surface area (Å²) in [6, 6.07) is 16.4. The Morgan fingerprint density at radius 1 is 1.05 bits per heavy atom. The number of amides is 3. The Hall–Kier alpha value is -4.95. The molecule has 2 N–H and O–H groups in total. The first-order valence-corrected chi connectivity index (χ1v) is 13.4. The van der Waals surface area contributed by atoms with Crippen LogP contribution in [0.2, 0.25) is 0 Å². The fraction of sp³-hybridized carbons (Fsp3) is 0.258. The van der Waals surface area contributed by atoms with E-state index >= 15 is 0 Å². The van der Waals surface area contributed by atoms with Crippen LogP contribution in [-0.4, -0.2) is 30.3 Å². The molecule has 0 unspecified atom stereocenters. The van der Waals surface area contributed by atoms with E-state index in [1.54, 1.807) is 24.3 Å². The van der Waals surface area contributed by atoms with Crippen molar-refractivity contribution in [2.24, 2.45) is 11.0 Å². The third-order valence-corrected chi connectivity index (χ3v) is 8.09. The van der Waals surface area contributed by atoms with Gasteiger partial charge in [0.1, 0.15) is 17.2 Å². The molecule has 0 saturated heterocycles. The molecule has 1 aromatic heterocycles. The zero-order valence-electron chi connectivity index (χ0n) is 22.2. The summed E-state index contributed by atoms with van der Waals surface area (Å²) < 4.78 is 19.8. The van der Waals surface area contributed by atoms with Crippen LogP contribution in [0.5, 0.6) is 0 Å². The van der Waals surface area contributed by atoms with Gasteiger partial charge in [-0.25, -0.2) is 4.39 Å². The van der Waals surface area contributed by atoms with Gasteiger partial charge in [-0.05, 0) is 107 Å². The molecule has 2 bridgehead atoms. The van der Waals surface area contributed by atoms with Crippen molar-refractivity contribution in [3.8, 4) is 22.5 Å². The van der Waals surface area contributed by atoms with Crippen molar-refractivity contribution in [3.63, 3.8) is 0 Å². The van der Waals surface area contributed by atoms with E-state index in [0.29, 0.717) is 33.2 Å². The lowest BCUT2D eigenvalue weighted by Gasteiger charge is -2.61. The number of aryl methyl sites for hydroxylation is 1. The number of azide groups is 1. The number of carbonyl (C=O) groups is 3. The first-order valence-electron chi connectivity index (χ1n) is 13.4. The van der Waals surface area contributed by atoms with Crippen LogP contribution in [0.3, 0.4) is 0 Å². The second-order valence-electron chi connectivity index (χ2n) is 10.8. The third-order valence-electron chi connectivity index (χ3n) is 8.09. The van der Waals surface area contributed by atoms with Crippen molar-refractivity contribution in [2.45, 2.75) is 37.6 Å². The molecule has 3 fully saturated rings. The number of rotatable bonds is 8. The molecule has 0 radical (unpaired) electrons. The number of halogens is 1. The topological polar surface area (TPSA) is 137 Å². The molecule has 3 aliphatic carbocycles. The summed E-state index contributed by atoms with van der Waals surface area (Å²) >= 11 is 0. The lowest BCUT2D eigenvalue weighted by atomic mass is 9.50. The summed E-state index contributed by atoms with van der Waals surface area (Å²) in [4.78, 5) is 40.8. The average Bonchev–Trinajstić information content (AvgIpc) is 3.31. The van der Waals surface area contributed by atoms with Gasteiger partial charge < -0.3 is 15.1 Å². The standard InChI is InChI=1S/C31H26FN5O4/c1-34-30(40)27-24-13-23(19-3-2-4-21(11-19)29(39)35-31-14-17(15-31)16-31)20(7-10-26(38)36-37-33)12-25(24)41-28(27)18-5-8-22(32)9-6-18/h2-6,8-9,11-13,17H,7,10,14-16H2,1H3,(H,34,40)(H,35,39). The molecule has 3 saturated carbocycles. The Labute approximate surface area is 234 Å². The van der Waals surface area contributed by atoms with Gasteiger partial charge in [-0.15, -0.1) is 0 Å². The van der Waals surface area contributed by atoms with Crippen LogP contribution < -0.4 is 10.6 Å². The van der Waals surface area contributed by atoms with Crippen molar-refractivity contribution in [1.82, 2.24) is 10.6 Å². The van der Waals surface area contributed by atoms with Crippen molar-refractivity contribution in [1.29, 1.82) is 0 Å². The SMILES string of the molecule is CNC(=O)c1c(-c2ccc(F)cc2)oc2cc(CCC(=O)N=[N+]=[N-])c(-c3cccc(C(=O)NC45CC(C4)C5)c3)cc12. The summed E-state index contributed by atoms with van der Waals surface area (Å²) in [7, 11) is 1.51. The smallest absolute Gasteiger partial charge is 0.255 e. The highest BCUT2D eigenvalue weighted by atomic mass is 19.1. The molecule has 4 aromatic rings.